The lowest BCUT2D eigenvalue weighted by Crippen LogP contribution is -2.53. The molecule has 24 heavy (non-hydrogen) atoms. The fourth-order valence-corrected chi connectivity index (χ4v) is 2.59. The van der Waals surface area contributed by atoms with Crippen LogP contribution in [0.15, 0.2) is 18.2 Å². The highest BCUT2D eigenvalue weighted by Gasteiger charge is 2.31. The number of thioether (sulfide) groups is 1. The minimum Gasteiger partial charge on any atom is -0.382 e. The molecule has 0 bridgehead atoms. The van der Waals surface area contributed by atoms with Gasteiger partial charge in [0.1, 0.15) is 6.04 Å². The van der Waals surface area contributed by atoms with E-state index in [1.807, 2.05) is 52.1 Å². The third-order valence-corrected chi connectivity index (χ3v) is 4.17. The molecule has 0 heterocycles. The zero-order chi connectivity index (χ0) is 18.3. The Morgan fingerprint density at radius 2 is 1.96 bits per heavy atom. The summed E-state index contributed by atoms with van der Waals surface area (Å²) in [6.45, 7) is 8.33. The maximum Gasteiger partial charge on any atom is 0.319 e. The van der Waals surface area contributed by atoms with Gasteiger partial charge in [-0.15, -0.1) is 0 Å². The number of para-hydroxylation sites is 1. The molecule has 0 saturated heterocycles. The molecule has 1 aromatic rings. The zero-order valence-electron chi connectivity index (χ0n) is 15.0. The Hall–Kier alpha value is -1.89. The molecule has 0 aromatic heterocycles. The number of carbonyl (C=O) groups is 2. The first kappa shape index (κ1) is 20.2. The number of aryl methyl sites for hydroxylation is 1. The summed E-state index contributed by atoms with van der Waals surface area (Å²) in [6.07, 6.45) is 2.04. The topological polar surface area (TPSA) is 96.2 Å². The van der Waals surface area contributed by atoms with Crippen molar-refractivity contribution in [1.82, 2.24) is 5.32 Å². The number of nitrogens with two attached hydrogens (primary N) is 1. The first-order chi connectivity index (χ1) is 11.2. The summed E-state index contributed by atoms with van der Waals surface area (Å²) in [4.78, 5) is 23.9. The molecule has 7 heteroatoms. The van der Waals surface area contributed by atoms with E-state index in [1.165, 1.54) is 0 Å². The maximum atomic E-state index is 12.3. The van der Waals surface area contributed by atoms with Gasteiger partial charge in [0.15, 0.2) is 0 Å². The van der Waals surface area contributed by atoms with E-state index in [0.29, 0.717) is 5.69 Å². The lowest BCUT2D eigenvalue weighted by Gasteiger charge is -2.28. The van der Waals surface area contributed by atoms with Crippen LogP contribution >= 0.6 is 11.8 Å². The van der Waals surface area contributed by atoms with Crippen LogP contribution in [0.4, 0.5) is 16.2 Å². The standard InChI is InChI=1S/C17H28N4O2S/c1-11-7-6-8-12(13(11)19-9-10-24-5)20-16(23)21-14(15(18)22)17(2,3)4/h6-8,14,19H,9-10H2,1-5H3,(H2,18,22)(H2,20,21,23)/t14-/m1/s1. The maximum absolute atomic E-state index is 12.3. The number of primary amides is 1. The third kappa shape index (κ3) is 5.96. The quantitative estimate of drug-likeness (QED) is 0.567. The lowest BCUT2D eigenvalue weighted by molar-refractivity contribution is -0.122. The lowest BCUT2D eigenvalue weighted by atomic mass is 9.86. The Labute approximate surface area is 148 Å². The fraction of sp³-hybridized carbons (Fsp3) is 0.529. The summed E-state index contributed by atoms with van der Waals surface area (Å²) in [7, 11) is 0. The van der Waals surface area contributed by atoms with Crippen molar-refractivity contribution >= 4 is 35.1 Å². The van der Waals surface area contributed by atoms with E-state index in [1.54, 1.807) is 11.8 Å². The van der Waals surface area contributed by atoms with Gasteiger partial charge in [-0.3, -0.25) is 4.79 Å². The van der Waals surface area contributed by atoms with Crippen molar-refractivity contribution in [2.75, 3.05) is 29.2 Å². The van der Waals surface area contributed by atoms with Gasteiger partial charge < -0.3 is 21.7 Å². The van der Waals surface area contributed by atoms with Gasteiger partial charge in [0.2, 0.25) is 5.91 Å². The number of carbonyl (C=O) groups excluding carboxylic acids is 2. The number of urea groups is 1. The number of hydrogen-bond acceptors (Lipinski definition) is 4. The van der Waals surface area contributed by atoms with Crippen LogP contribution in [-0.4, -0.2) is 36.5 Å². The van der Waals surface area contributed by atoms with E-state index in [-0.39, 0.29) is 0 Å². The van der Waals surface area contributed by atoms with E-state index in [2.05, 4.69) is 16.0 Å². The number of nitrogens with one attached hydrogen (secondary N) is 3. The molecule has 0 saturated carbocycles. The van der Waals surface area contributed by atoms with Gasteiger partial charge in [0, 0.05) is 12.3 Å². The normalized spacial score (nSPS) is 12.4. The van der Waals surface area contributed by atoms with Crippen LogP contribution in [0, 0.1) is 12.3 Å². The number of amides is 3. The van der Waals surface area contributed by atoms with Crippen molar-refractivity contribution < 1.29 is 9.59 Å². The molecule has 5 N–H and O–H groups in total. The molecular weight excluding hydrogens is 324 g/mol. The summed E-state index contributed by atoms with van der Waals surface area (Å²) in [5.41, 5.74) is 7.53. The van der Waals surface area contributed by atoms with E-state index in [4.69, 9.17) is 5.73 Å². The van der Waals surface area contributed by atoms with E-state index >= 15 is 0 Å². The second kappa shape index (κ2) is 8.82. The average Bonchev–Trinajstić information content (AvgIpc) is 2.46. The number of anilines is 2. The van der Waals surface area contributed by atoms with Crippen molar-refractivity contribution in [3.63, 3.8) is 0 Å². The van der Waals surface area contributed by atoms with Gasteiger partial charge >= 0.3 is 6.03 Å². The highest BCUT2D eigenvalue weighted by Crippen LogP contribution is 2.26. The molecular formula is C17H28N4O2S. The van der Waals surface area contributed by atoms with Crippen molar-refractivity contribution in [2.24, 2.45) is 11.1 Å². The number of rotatable bonds is 7. The Balaban J connectivity index is 2.86. The second-order valence-corrected chi connectivity index (χ2v) is 7.70. The van der Waals surface area contributed by atoms with Crippen molar-refractivity contribution in [1.29, 1.82) is 0 Å². The summed E-state index contributed by atoms with van der Waals surface area (Å²) in [5, 5.41) is 8.81. The summed E-state index contributed by atoms with van der Waals surface area (Å²) in [6, 6.07) is 4.47. The molecule has 1 rings (SSSR count). The largest absolute Gasteiger partial charge is 0.382 e. The van der Waals surface area contributed by atoms with Gasteiger partial charge in [0.25, 0.3) is 0 Å². The average molecular weight is 353 g/mol. The molecule has 0 spiro atoms. The molecule has 3 amide bonds. The van der Waals surface area contributed by atoms with E-state index in [0.717, 1.165) is 23.5 Å². The molecule has 0 radical (unpaired) electrons. The fourth-order valence-electron chi connectivity index (χ4n) is 2.29. The van der Waals surface area contributed by atoms with Crippen LogP contribution in [-0.2, 0) is 4.79 Å². The molecule has 0 unspecified atom stereocenters. The first-order valence-electron chi connectivity index (χ1n) is 7.86. The molecule has 1 aromatic carbocycles. The van der Waals surface area contributed by atoms with E-state index in [9.17, 15) is 9.59 Å². The Bertz CT molecular complexity index is 584. The monoisotopic (exact) mass is 352 g/mol. The minimum absolute atomic E-state index is 0.452. The van der Waals surface area contributed by atoms with Crippen LogP contribution in [0.25, 0.3) is 0 Å². The number of benzene rings is 1. The Kier molecular flexibility index (Phi) is 7.41. The van der Waals surface area contributed by atoms with Crippen LogP contribution < -0.4 is 21.7 Å². The van der Waals surface area contributed by atoms with Crippen LogP contribution in [0.5, 0.6) is 0 Å². The smallest absolute Gasteiger partial charge is 0.319 e. The SMILES string of the molecule is CSCCNc1c(C)cccc1NC(=O)N[C@H](C(N)=O)C(C)(C)C. The first-order valence-corrected chi connectivity index (χ1v) is 9.25. The predicted octanol–water partition coefficient (Wildman–Crippen LogP) is 2.79. The predicted molar refractivity (Wildman–Crippen MR) is 103 cm³/mol. The number of hydrogen-bond donors (Lipinski definition) is 4. The summed E-state index contributed by atoms with van der Waals surface area (Å²) in [5.74, 6) is 0.411. The van der Waals surface area contributed by atoms with Crippen LogP contribution in [0.2, 0.25) is 0 Å². The highest BCUT2D eigenvalue weighted by atomic mass is 32.2. The van der Waals surface area contributed by atoms with Crippen LogP contribution in [0.1, 0.15) is 26.3 Å². The van der Waals surface area contributed by atoms with Crippen molar-refractivity contribution in [3.05, 3.63) is 23.8 Å². The molecule has 1 atom stereocenters. The Morgan fingerprint density at radius 3 is 2.50 bits per heavy atom. The van der Waals surface area contributed by atoms with Gasteiger partial charge in [0.05, 0.1) is 11.4 Å². The molecule has 0 aliphatic heterocycles. The summed E-state index contributed by atoms with van der Waals surface area (Å²) >= 11 is 1.75. The van der Waals surface area contributed by atoms with Crippen LogP contribution in [0.3, 0.4) is 0 Å². The zero-order valence-corrected chi connectivity index (χ0v) is 15.8. The Morgan fingerprint density at radius 1 is 1.29 bits per heavy atom. The molecule has 134 valence electrons. The van der Waals surface area contributed by atoms with Crippen molar-refractivity contribution in [3.8, 4) is 0 Å². The highest BCUT2D eigenvalue weighted by molar-refractivity contribution is 7.98. The van der Waals surface area contributed by atoms with E-state index < -0.39 is 23.4 Å². The molecule has 0 aliphatic rings. The van der Waals surface area contributed by atoms with Gasteiger partial charge in [-0.1, -0.05) is 32.9 Å². The van der Waals surface area contributed by atoms with Gasteiger partial charge in [-0.2, -0.15) is 11.8 Å². The van der Waals surface area contributed by atoms with Crippen molar-refractivity contribution in [2.45, 2.75) is 33.7 Å². The second-order valence-electron chi connectivity index (χ2n) is 6.72. The summed E-state index contributed by atoms with van der Waals surface area (Å²) < 4.78 is 0. The van der Waals surface area contributed by atoms with Gasteiger partial charge in [-0.25, -0.2) is 4.79 Å². The molecule has 0 aliphatic carbocycles. The third-order valence-electron chi connectivity index (χ3n) is 3.55. The molecule has 0 fully saturated rings. The minimum atomic E-state index is -0.754. The molecule has 6 nitrogen and oxygen atoms in total. The van der Waals surface area contributed by atoms with Gasteiger partial charge in [-0.05, 0) is 30.2 Å².